The molecular formula is C24H21O4P. The fraction of sp³-hybridized carbons (Fsp3) is 0. The lowest BCUT2D eigenvalue weighted by Gasteiger charge is -2.05. The van der Waals surface area contributed by atoms with Crippen molar-refractivity contribution in [1.29, 1.82) is 0 Å². The maximum atomic E-state index is 10.3. The van der Waals surface area contributed by atoms with Gasteiger partial charge in [0.25, 0.3) is 0 Å². The van der Waals surface area contributed by atoms with Crippen molar-refractivity contribution < 1.29 is 18.9 Å². The van der Waals surface area contributed by atoms with E-state index >= 15 is 0 Å². The second-order valence-corrected chi connectivity index (χ2v) is 7.37. The molecule has 0 aliphatic heterocycles. The maximum Gasteiger partial charge on any atom is 0.524 e. The van der Waals surface area contributed by atoms with Gasteiger partial charge in [0.05, 0.1) is 0 Å². The third-order valence-electron chi connectivity index (χ3n) is 4.04. The van der Waals surface area contributed by atoms with E-state index in [1.165, 1.54) is 34.4 Å². The molecule has 0 aliphatic rings. The Bertz CT molecular complexity index is 1010. The first kappa shape index (κ1) is 20.6. The van der Waals surface area contributed by atoms with Gasteiger partial charge in [0.1, 0.15) is 5.75 Å². The van der Waals surface area contributed by atoms with Crippen molar-refractivity contribution in [2.75, 3.05) is 0 Å². The van der Waals surface area contributed by atoms with Crippen molar-refractivity contribution in [3.8, 4) is 28.0 Å². The predicted molar refractivity (Wildman–Crippen MR) is 116 cm³/mol. The standard InChI is InChI=1S/C18H14.C6H7O4P/c1-3-8-15(9-4-1)17-12-7-13-18(14-17)16-10-5-2-6-11-16;7-11(8,9)10-6-4-2-1-3-5-6/h1-14H;1-5H,(H2,7,8,9). The fourth-order valence-electron chi connectivity index (χ4n) is 2.76. The van der Waals surface area contributed by atoms with Gasteiger partial charge in [-0.25, -0.2) is 4.57 Å². The molecule has 2 N–H and O–H groups in total. The van der Waals surface area contributed by atoms with Gasteiger partial charge in [-0.15, -0.1) is 0 Å². The summed E-state index contributed by atoms with van der Waals surface area (Å²) in [5, 5.41) is 0. The van der Waals surface area contributed by atoms with E-state index < -0.39 is 7.82 Å². The molecule has 0 atom stereocenters. The zero-order valence-corrected chi connectivity index (χ0v) is 16.5. The van der Waals surface area contributed by atoms with E-state index in [2.05, 4.69) is 77.3 Å². The Balaban J connectivity index is 0.000000188. The van der Waals surface area contributed by atoms with E-state index in [0.29, 0.717) is 0 Å². The van der Waals surface area contributed by atoms with Crippen LogP contribution < -0.4 is 4.52 Å². The molecule has 4 nitrogen and oxygen atoms in total. The van der Waals surface area contributed by atoms with Crippen LogP contribution in [0.1, 0.15) is 0 Å². The molecule has 0 amide bonds. The molecule has 0 aromatic heterocycles. The van der Waals surface area contributed by atoms with Crippen LogP contribution in [0.2, 0.25) is 0 Å². The first-order chi connectivity index (χ1) is 14.0. The van der Waals surface area contributed by atoms with Crippen molar-refractivity contribution in [2.45, 2.75) is 0 Å². The average molecular weight is 404 g/mol. The Hall–Kier alpha value is -3.17. The zero-order chi connectivity index (χ0) is 20.5. The summed E-state index contributed by atoms with van der Waals surface area (Å²) in [6, 6.07) is 37.6. The molecule has 0 saturated carbocycles. The highest BCUT2D eigenvalue weighted by Crippen LogP contribution is 2.37. The van der Waals surface area contributed by atoms with Gasteiger partial charge in [0, 0.05) is 0 Å². The van der Waals surface area contributed by atoms with Crippen molar-refractivity contribution in [3.05, 3.63) is 115 Å². The van der Waals surface area contributed by atoms with E-state index in [1.807, 2.05) is 12.1 Å². The van der Waals surface area contributed by atoms with Gasteiger partial charge in [0.2, 0.25) is 0 Å². The Kier molecular flexibility index (Phi) is 6.99. The Morgan fingerprint density at radius 3 is 1.31 bits per heavy atom. The third-order valence-corrected chi connectivity index (χ3v) is 4.49. The highest BCUT2D eigenvalue weighted by molar-refractivity contribution is 7.46. The lowest BCUT2D eigenvalue weighted by Crippen LogP contribution is -1.88. The van der Waals surface area contributed by atoms with Crippen molar-refractivity contribution >= 4 is 7.82 Å². The van der Waals surface area contributed by atoms with E-state index in [0.717, 1.165) is 0 Å². The Labute approximate surface area is 170 Å². The molecule has 5 heteroatoms. The van der Waals surface area contributed by atoms with Crippen LogP contribution in [0.5, 0.6) is 5.75 Å². The maximum absolute atomic E-state index is 10.3. The second-order valence-electron chi connectivity index (χ2n) is 6.21. The minimum absolute atomic E-state index is 0.167. The number of benzene rings is 4. The summed E-state index contributed by atoms with van der Waals surface area (Å²) in [5.41, 5.74) is 5.04. The Morgan fingerprint density at radius 2 is 0.897 bits per heavy atom. The van der Waals surface area contributed by atoms with E-state index in [4.69, 9.17) is 9.79 Å². The third kappa shape index (κ3) is 6.74. The molecule has 0 unspecified atom stereocenters. The smallest absolute Gasteiger partial charge is 0.404 e. The van der Waals surface area contributed by atoms with Crippen LogP contribution in [0.15, 0.2) is 115 Å². The van der Waals surface area contributed by atoms with E-state index in [-0.39, 0.29) is 5.75 Å². The molecule has 0 saturated heterocycles. The van der Waals surface area contributed by atoms with Crippen LogP contribution in [0, 0.1) is 0 Å². The molecule has 4 aromatic rings. The Morgan fingerprint density at radius 1 is 0.517 bits per heavy atom. The summed E-state index contributed by atoms with van der Waals surface area (Å²) in [6.45, 7) is 0. The van der Waals surface area contributed by atoms with Crippen LogP contribution >= 0.6 is 7.82 Å². The van der Waals surface area contributed by atoms with Gasteiger partial charge in [0.15, 0.2) is 0 Å². The second kappa shape index (κ2) is 9.85. The summed E-state index contributed by atoms with van der Waals surface area (Å²) in [4.78, 5) is 16.7. The monoisotopic (exact) mass is 404 g/mol. The van der Waals surface area contributed by atoms with Crippen LogP contribution in [0.3, 0.4) is 0 Å². The average Bonchev–Trinajstić information content (AvgIpc) is 2.75. The van der Waals surface area contributed by atoms with E-state index in [9.17, 15) is 4.57 Å². The SMILES string of the molecule is O=P(O)(O)Oc1ccccc1.c1ccc(-c2cccc(-c3ccccc3)c2)cc1. The van der Waals surface area contributed by atoms with Gasteiger partial charge in [-0.3, -0.25) is 9.79 Å². The summed E-state index contributed by atoms with van der Waals surface area (Å²) in [6.07, 6.45) is 0. The van der Waals surface area contributed by atoms with Gasteiger partial charge >= 0.3 is 7.82 Å². The molecule has 0 fully saturated rings. The number of rotatable bonds is 4. The molecule has 0 aliphatic carbocycles. The quantitative estimate of drug-likeness (QED) is 0.399. The van der Waals surface area contributed by atoms with E-state index in [1.54, 1.807) is 18.2 Å². The van der Waals surface area contributed by atoms with Gasteiger partial charge in [-0.2, -0.15) is 0 Å². The van der Waals surface area contributed by atoms with Gasteiger partial charge in [-0.05, 0) is 40.5 Å². The minimum Gasteiger partial charge on any atom is -0.404 e. The van der Waals surface area contributed by atoms with Crippen LogP contribution in [0.4, 0.5) is 0 Å². The molecule has 146 valence electrons. The molecule has 0 radical (unpaired) electrons. The molecule has 0 spiro atoms. The number of phosphoric acid groups is 1. The first-order valence-corrected chi connectivity index (χ1v) is 10.6. The number of hydrogen-bond acceptors (Lipinski definition) is 2. The van der Waals surface area contributed by atoms with Crippen LogP contribution in [-0.4, -0.2) is 9.79 Å². The number of phosphoric ester groups is 1. The molecule has 4 rings (SSSR count). The summed E-state index contributed by atoms with van der Waals surface area (Å²) in [7, 11) is -4.39. The fourth-order valence-corrected chi connectivity index (χ4v) is 3.15. The zero-order valence-electron chi connectivity index (χ0n) is 15.6. The molecule has 29 heavy (non-hydrogen) atoms. The first-order valence-electron chi connectivity index (χ1n) is 9.02. The minimum atomic E-state index is -4.39. The van der Waals surface area contributed by atoms with Crippen molar-refractivity contribution in [2.24, 2.45) is 0 Å². The highest BCUT2D eigenvalue weighted by atomic mass is 31.2. The topological polar surface area (TPSA) is 66.8 Å². The largest absolute Gasteiger partial charge is 0.524 e. The summed E-state index contributed by atoms with van der Waals surface area (Å²) < 4.78 is 14.5. The lowest BCUT2D eigenvalue weighted by molar-refractivity contribution is 0.283. The predicted octanol–water partition coefficient (Wildman–Crippen LogP) is 6.18. The molecular weight excluding hydrogens is 383 g/mol. The van der Waals surface area contributed by atoms with Gasteiger partial charge in [-0.1, -0.05) is 97.1 Å². The summed E-state index contributed by atoms with van der Waals surface area (Å²) >= 11 is 0. The molecule has 0 bridgehead atoms. The van der Waals surface area contributed by atoms with Crippen molar-refractivity contribution in [3.63, 3.8) is 0 Å². The van der Waals surface area contributed by atoms with Crippen molar-refractivity contribution in [1.82, 2.24) is 0 Å². The van der Waals surface area contributed by atoms with Crippen LogP contribution in [0.25, 0.3) is 22.3 Å². The molecule has 4 aromatic carbocycles. The van der Waals surface area contributed by atoms with Crippen LogP contribution in [-0.2, 0) is 4.57 Å². The number of para-hydroxylation sites is 1. The lowest BCUT2D eigenvalue weighted by atomic mass is 9.99. The number of hydrogen-bond donors (Lipinski definition) is 2. The highest BCUT2D eigenvalue weighted by Gasteiger charge is 2.14. The van der Waals surface area contributed by atoms with Gasteiger partial charge < -0.3 is 4.52 Å². The normalized spacial score (nSPS) is 10.6. The summed E-state index contributed by atoms with van der Waals surface area (Å²) in [5.74, 6) is 0.167. The molecule has 0 heterocycles.